The maximum Gasteiger partial charge on any atom is 0.213 e. The maximum atomic E-state index is 10.2. The largest absolute Gasteiger partial charge is 0.493 e. The first kappa shape index (κ1) is 13.1. The van der Waals surface area contributed by atoms with E-state index in [0.717, 1.165) is 24.1 Å². The fraction of sp³-hybridized carbons (Fsp3) is 0.769. The fourth-order valence-electron chi connectivity index (χ4n) is 1.88. The number of aromatic nitrogens is 2. The van der Waals surface area contributed by atoms with Crippen LogP contribution >= 0.6 is 0 Å². The molecule has 0 radical (unpaired) electrons. The van der Waals surface area contributed by atoms with Gasteiger partial charge < -0.3 is 5.11 Å². The van der Waals surface area contributed by atoms with E-state index in [-0.39, 0.29) is 5.54 Å². The average molecular weight is 224 g/mol. The molecule has 0 aliphatic rings. The molecule has 0 atom stereocenters. The minimum absolute atomic E-state index is 0.167. The van der Waals surface area contributed by atoms with Crippen molar-refractivity contribution in [1.29, 1.82) is 0 Å². The summed E-state index contributed by atoms with van der Waals surface area (Å²) in [6.07, 6.45) is 1.93. The molecule has 0 amide bonds. The molecule has 1 aromatic rings. The van der Waals surface area contributed by atoms with Crippen molar-refractivity contribution in [3.05, 3.63) is 11.3 Å². The van der Waals surface area contributed by atoms with Crippen molar-refractivity contribution in [2.75, 3.05) is 0 Å². The first-order valence-corrected chi connectivity index (χ1v) is 6.10. The predicted molar refractivity (Wildman–Crippen MR) is 67.0 cm³/mol. The van der Waals surface area contributed by atoms with Crippen LogP contribution in [0.4, 0.5) is 0 Å². The van der Waals surface area contributed by atoms with E-state index in [1.807, 2.05) is 0 Å². The number of aromatic hydroxyl groups is 1. The Morgan fingerprint density at radius 3 is 2.25 bits per heavy atom. The molecule has 0 aromatic carbocycles. The number of rotatable bonds is 3. The molecular weight excluding hydrogens is 200 g/mol. The average Bonchev–Trinajstić information content (AvgIpc) is 2.44. The van der Waals surface area contributed by atoms with E-state index in [2.05, 4.69) is 46.6 Å². The van der Waals surface area contributed by atoms with Crippen molar-refractivity contribution in [2.24, 2.45) is 0 Å². The molecule has 0 fully saturated rings. The summed E-state index contributed by atoms with van der Waals surface area (Å²) >= 11 is 0. The van der Waals surface area contributed by atoms with Crippen LogP contribution in [0.5, 0.6) is 5.88 Å². The normalized spacial score (nSPS) is 12.4. The van der Waals surface area contributed by atoms with Gasteiger partial charge in [-0.05, 0) is 33.1 Å². The van der Waals surface area contributed by atoms with Crippen LogP contribution in [0.15, 0.2) is 0 Å². The van der Waals surface area contributed by atoms with Crippen LogP contribution in [0.3, 0.4) is 0 Å². The molecule has 1 N–H and O–H groups in total. The lowest BCUT2D eigenvalue weighted by Gasteiger charge is -2.20. The van der Waals surface area contributed by atoms with Crippen molar-refractivity contribution in [2.45, 2.75) is 65.8 Å². The predicted octanol–water partition coefficient (Wildman–Crippen LogP) is 3.42. The minimum Gasteiger partial charge on any atom is -0.493 e. The van der Waals surface area contributed by atoms with Gasteiger partial charge >= 0.3 is 0 Å². The second kappa shape index (κ2) is 4.48. The zero-order valence-corrected chi connectivity index (χ0v) is 11.3. The van der Waals surface area contributed by atoms with Gasteiger partial charge in [-0.2, -0.15) is 5.10 Å². The van der Waals surface area contributed by atoms with Crippen LogP contribution in [-0.4, -0.2) is 14.9 Å². The van der Waals surface area contributed by atoms with Gasteiger partial charge in [0.25, 0.3) is 0 Å². The van der Waals surface area contributed by atoms with Crippen LogP contribution in [0.25, 0.3) is 0 Å². The highest BCUT2D eigenvalue weighted by molar-refractivity contribution is 5.33. The van der Waals surface area contributed by atoms with E-state index < -0.39 is 0 Å². The lowest BCUT2D eigenvalue weighted by atomic mass is 10.0. The monoisotopic (exact) mass is 224 g/mol. The summed E-state index contributed by atoms with van der Waals surface area (Å²) in [7, 11) is 0. The summed E-state index contributed by atoms with van der Waals surface area (Å²) in [6.45, 7) is 12.5. The topological polar surface area (TPSA) is 38.0 Å². The Morgan fingerprint density at radius 2 is 1.88 bits per heavy atom. The zero-order chi connectivity index (χ0) is 12.5. The van der Waals surface area contributed by atoms with Crippen LogP contribution in [0.2, 0.25) is 0 Å². The van der Waals surface area contributed by atoms with Gasteiger partial charge in [0, 0.05) is 5.56 Å². The Kier molecular flexibility index (Phi) is 3.66. The van der Waals surface area contributed by atoms with Crippen molar-refractivity contribution < 1.29 is 5.11 Å². The highest BCUT2D eigenvalue weighted by Gasteiger charge is 2.25. The third-order valence-electron chi connectivity index (χ3n) is 2.67. The quantitative estimate of drug-likeness (QED) is 0.854. The molecule has 0 saturated heterocycles. The number of hydrogen-bond acceptors (Lipinski definition) is 2. The molecule has 1 rings (SSSR count). The summed E-state index contributed by atoms with van der Waals surface area (Å²) in [5, 5.41) is 14.8. The summed E-state index contributed by atoms with van der Waals surface area (Å²) in [4.78, 5) is 0. The van der Waals surface area contributed by atoms with Gasteiger partial charge in [0.2, 0.25) is 5.88 Å². The van der Waals surface area contributed by atoms with E-state index in [0.29, 0.717) is 11.8 Å². The molecule has 3 nitrogen and oxygen atoms in total. The molecule has 0 aliphatic heterocycles. The van der Waals surface area contributed by atoms with Crippen LogP contribution in [0, 0.1) is 0 Å². The summed E-state index contributed by atoms with van der Waals surface area (Å²) in [6, 6.07) is 0. The van der Waals surface area contributed by atoms with Crippen molar-refractivity contribution in [3.8, 4) is 5.88 Å². The third kappa shape index (κ3) is 2.39. The molecule has 0 saturated carbocycles. The number of hydrogen-bond donors (Lipinski definition) is 1. The first-order chi connectivity index (χ1) is 7.29. The molecule has 0 unspecified atom stereocenters. The van der Waals surface area contributed by atoms with Gasteiger partial charge in [-0.1, -0.05) is 27.2 Å². The van der Waals surface area contributed by atoms with Gasteiger partial charge in [0.05, 0.1) is 11.2 Å². The molecular formula is C13H24N2O. The highest BCUT2D eigenvalue weighted by atomic mass is 16.3. The second-order valence-electron chi connectivity index (χ2n) is 5.67. The number of nitrogens with zero attached hydrogens (tertiary/aromatic N) is 2. The Balaban J connectivity index is 3.30. The van der Waals surface area contributed by atoms with Crippen LogP contribution in [-0.2, 0) is 12.0 Å². The third-order valence-corrected chi connectivity index (χ3v) is 2.67. The van der Waals surface area contributed by atoms with Gasteiger partial charge in [0.15, 0.2) is 0 Å². The van der Waals surface area contributed by atoms with E-state index in [9.17, 15) is 5.11 Å². The van der Waals surface area contributed by atoms with E-state index >= 15 is 0 Å². The van der Waals surface area contributed by atoms with Crippen molar-refractivity contribution in [3.63, 3.8) is 0 Å². The van der Waals surface area contributed by atoms with Gasteiger partial charge in [0.1, 0.15) is 0 Å². The van der Waals surface area contributed by atoms with Crippen LogP contribution in [0.1, 0.15) is 65.1 Å². The molecule has 0 spiro atoms. The Labute approximate surface area is 98.5 Å². The SMILES string of the molecule is CCCc1c(C(C)C)nn(C(C)(C)C)c1O. The van der Waals surface area contributed by atoms with Gasteiger partial charge in [-0.3, -0.25) is 0 Å². The molecule has 1 heterocycles. The molecule has 3 heteroatoms. The Morgan fingerprint density at radius 1 is 1.31 bits per heavy atom. The van der Waals surface area contributed by atoms with E-state index in [4.69, 9.17) is 0 Å². The molecule has 92 valence electrons. The molecule has 0 aliphatic carbocycles. The van der Waals surface area contributed by atoms with Gasteiger partial charge in [-0.15, -0.1) is 0 Å². The molecule has 0 bridgehead atoms. The van der Waals surface area contributed by atoms with E-state index in [1.54, 1.807) is 4.68 Å². The van der Waals surface area contributed by atoms with Gasteiger partial charge in [-0.25, -0.2) is 4.68 Å². The Hall–Kier alpha value is -0.990. The zero-order valence-electron chi connectivity index (χ0n) is 11.3. The fourth-order valence-corrected chi connectivity index (χ4v) is 1.88. The lowest BCUT2D eigenvalue weighted by Crippen LogP contribution is -2.22. The van der Waals surface area contributed by atoms with Crippen molar-refractivity contribution >= 4 is 0 Å². The van der Waals surface area contributed by atoms with Crippen LogP contribution < -0.4 is 0 Å². The summed E-state index contributed by atoms with van der Waals surface area (Å²) in [5.74, 6) is 0.703. The minimum atomic E-state index is -0.167. The maximum absolute atomic E-state index is 10.2. The van der Waals surface area contributed by atoms with Crippen molar-refractivity contribution in [1.82, 2.24) is 9.78 Å². The smallest absolute Gasteiger partial charge is 0.213 e. The van der Waals surface area contributed by atoms with E-state index in [1.165, 1.54) is 0 Å². The molecule has 1 aromatic heterocycles. The second-order valence-corrected chi connectivity index (χ2v) is 5.67. The lowest BCUT2D eigenvalue weighted by molar-refractivity contribution is 0.292. The standard InChI is InChI=1S/C13H24N2O/c1-7-8-10-11(9(2)3)14-15(12(10)16)13(4,5)6/h9,16H,7-8H2,1-6H3. The molecule has 16 heavy (non-hydrogen) atoms. The summed E-state index contributed by atoms with van der Waals surface area (Å²) in [5.41, 5.74) is 1.89. The first-order valence-electron chi connectivity index (χ1n) is 6.10. The summed E-state index contributed by atoms with van der Waals surface area (Å²) < 4.78 is 1.74. The Bertz CT molecular complexity index is 359. The highest BCUT2D eigenvalue weighted by Crippen LogP contribution is 2.32.